The number of rotatable bonds is 8. The Kier molecular flexibility index (Phi) is 7.14. The summed E-state index contributed by atoms with van der Waals surface area (Å²) in [5, 5.41) is 11.9. The topological polar surface area (TPSA) is 114 Å². The number of carbonyl (C=O) groups is 3. The second kappa shape index (κ2) is 10.2. The van der Waals surface area contributed by atoms with Gasteiger partial charge in [-0.3, -0.25) is 9.59 Å². The first kappa shape index (κ1) is 23.7. The Bertz CT molecular complexity index is 1030. The fourth-order valence-electron chi connectivity index (χ4n) is 4.65. The molecule has 34 heavy (non-hydrogen) atoms. The third kappa shape index (κ3) is 4.62. The minimum absolute atomic E-state index is 0.0489. The number of benzene rings is 2. The van der Waals surface area contributed by atoms with Crippen molar-refractivity contribution in [2.45, 2.75) is 18.1 Å². The summed E-state index contributed by atoms with van der Waals surface area (Å²) in [7, 11) is 2.87. The Morgan fingerprint density at radius 3 is 2.29 bits per heavy atom. The van der Waals surface area contributed by atoms with Crippen LogP contribution in [0.2, 0.25) is 0 Å². The lowest BCUT2D eigenvalue weighted by Gasteiger charge is -2.29. The monoisotopic (exact) mass is 468 g/mol. The van der Waals surface area contributed by atoms with E-state index in [4.69, 9.17) is 14.2 Å². The number of carboxylic acids is 1. The molecule has 180 valence electrons. The van der Waals surface area contributed by atoms with E-state index in [0.29, 0.717) is 0 Å². The largest absolute Gasteiger partial charge is 0.481 e. The molecular weight excluding hydrogens is 440 g/mol. The fraction of sp³-hybridized carbons (Fsp3) is 0.400. The Morgan fingerprint density at radius 1 is 1.09 bits per heavy atom. The van der Waals surface area contributed by atoms with Crippen molar-refractivity contribution in [2.75, 3.05) is 40.5 Å². The third-order valence-corrected chi connectivity index (χ3v) is 6.55. The van der Waals surface area contributed by atoms with Crippen molar-refractivity contribution in [2.24, 2.45) is 5.92 Å². The molecule has 3 atom stereocenters. The molecule has 2 amide bonds. The van der Waals surface area contributed by atoms with E-state index in [9.17, 15) is 19.5 Å². The number of aliphatic carboxylic acids is 1. The highest BCUT2D eigenvalue weighted by Crippen LogP contribution is 2.44. The summed E-state index contributed by atoms with van der Waals surface area (Å²) in [6.07, 6.45) is -1.65. The molecule has 2 aliphatic rings. The molecule has 0 saturated carbocycles. The van der Waals surface area contributed by atoms with Crippen LogP contribution in [0, 0.1) is 5.92 Å². The normalized spacial score (nSPS) is 19.7. The van der Waals surface area contributed by atoms with Gasteiger partial charge in [0.2, 0.25) is 0 Å². The number of fused-ring (bicyclic) bond motifs is 3. The molecule has 9 heteroatoms. The van der Waals surface area contributed by atoms with Gasteiger partial charge < -0.3 is 29.5 Å². The van der Waals surface area contributed by atoms with E-state index in [-0.39, 0.29) is 32.3 Å². The van der Waals surface area contributed by atoms with Crippen LogP contribution in [-0.4, -0.2) is 80.6 Å². The number of nitrogens with one attached hydrogen (secondary N) is 1. The number of carbonyl (C=O) groups excluding carboxylic acids is 2. The molecule has 2 aromatic rings. The number of alkyl carbamates (subject to hydrolysis) is 1. The maximum absolute atomic E-state index is 12.8. The first-order chi connectivity index (χ1) is 16.4. The van der Waals surface area contributed by atoms with Gasteiger partial charge in [-0.05, 0) is 22.3 Å². The van der Waals surface area contributed by atoms with Crippen LogP contribution in [0.1, 0.15) is 17.0 Å². The number of likely N-dealkylation sites (N-methyl/N-ethyl adjacent to an activating group) is 1. The molecule has 3 unspecified atom stereocenters. The zero-order valence-electron chi connectivity index (χ0n) is 19.1. The lowest BCUT2D eigenvalue weighted by atomic mass is 9.98. The second-order valence-electron chi connectivity index (χ2n) is 8.43. The minimum Gasteiger partial charge on any atom is -0.481 e. The summed E-state index contributed by atoms with van der Waals surface area (Å²) in [5.41, 5.74) is 4.48. The van der Waals surface area contributed by atoms with Gasteiger partial charge in [0.25, 0.3) is 5.91 Å². The predicted octanol–water partition coefficient (Wildman–Crippen LogP) is 2.10. The van der Waals surface area contributed by atoms with Gasteiger partial charge in [0.1, 0.15) is 12.5 Å². The number of carboxylic acid groups (broad SMARTS) is 1. The van der Waals surface area contributed by atoms with Gasteiger partial charge >= 0.3 is 12.1 Å². The molecule has 1 fully saturated rings. The number of hydrogen-bond donors (Lipinski definition) is 2. The standard InChI is InChI=1S/C25H28N2O7/c1-27(21-14-33-12-20(21)24(29)30)23(28)22(32-2)11-26-25(31)34-13-19-17-9-5-3-7-15(17)16-8-4-6-10-18(16)19/h3-10,19-22H,11-14H2,1-2H3,(H,26,31)(H,29,30). The van der Waals surface area contributed by atoms with Crippen LogP contribution >= 0.6 is 0 Å². The second-order valence-corrected chi connectivity index (χ2v) is 8.43. The van der Waals surface area contributed by atoms with E-state index in [0.717, 1.165) is 22.3 Å². The average molecular weight is 469 g/mol. The molecule has 1 heterocycles. The van der Waals surface area contributed by atoms with Crippen LogP contribution in [0.5, 0.6) is 0 Å². The van der Waals surface area contributed by atoms with E-state index in [2.05, 4.69) is 17.4 Å². The summed E-state index contributed by atoms with van der Waals surface area (Å²) in [6, 6.07) is 15.5. The molecule has 1 aliphatic carbocycles. The van der Waals surface area contributed by atoms with Gasteiger partial charge in [-0.25, -0.2) is 4.79 Å². The SMILES string of the molecule is COC(CNC(=O)OCC1c2ccccc2-c2ccccc21)C(=O)N(C)C1COCC1C(=O)O. The van der Waals surface area contributed by atoms with Gasteiger partial charge in [0, 0.05) is 20.1 Å². The summed E-state index contributed by atoms with van der Waals surface area (Å²) >= 11 is 0. The van der Waals surface area contributed by atoms with Crippen LogP contribution in [0.25, 0.3) is 11.1 Å². The van der Waals surface area contributed by atoms with Gasteiger partial charge in [-0.1, -0.05) is 48.5 Å². The van der Waals surface area contributed by atoms with Gasteiger partial charge in [0.15, 0.2) is 6.10 Å². The number of methoxy groups -OCH3 is 1. The smallest absolute Gasteiger partial charge is 0.407 e. The van der Waals surface area contributed by atoms with E-state index < -0.39 is 36.0 Å². The number of hydrogen-bond acceptors (Lipinski definition) is 6. The third-order valence-electron chi connectivity index (χ3n) is 6.55. The molecule has 9 nitrogen and oxygen atoms in total. The molecule has 1 saturated heterocycles. The Balaban J connectivity index is 1.33. The molecule has 4 rings (SSSR count). The minimum atomic E-state index is -1.02. The van der Waals surface area contributed by atoms with Crippen molar-refractivity contribution < 1.29 is 33.7 Å². The zero-order valence-corrected chi connectivity index (χ0v) is 19.1. The first-order valence-corrected chi connectivity index (χ1v) is 11.1. The van der Waals surface area contributed by atoms with Crippen molar-refractivity contribution in [3.8, 4) is 11.1 Å². The number of nitrogens with zero attached hydrogens (tertiary/aromatic N) is 1. The maximum Gasteiger partial charge on any atom is 0.407 e. The Labute approximate surface area is 197 Å². The fourth-order valence-corrected chi connectivity index (χ4v) is 4.65. The van der Waals surface area contributed by atoms with E-state index >= 15 is 0 Å². The zero-order chi connectivity index (χ0) is 24.2. The molecule has 0 spiro atoms. The highest BCUT2D eigenvalue weighted by Gasteiger charge is 2.40. The Hall–Kier alpha value is -3.43. The van der Waals surface area contributed by atoms with Crippen molar-refractivity contribution in [1.29, 1.82) is 0 Å². The van der Waals surface area contributed by atoms with Crippen molar-refractivity contribution >= 4 is 18.0 Å². The molecular formula is C25H28N2O7. The van der Waals surface area contributed by atoms with Gasteiger partial charge in [0.05, 0.1) is 25.8 Å². The van der Waals surface area contributed by atoms with Crippen molar-refractivity contribution in [3.63, 3.8) is 0 Å². The van der Waals surface area contributed by atoms with Crippen LogP contribution in [0.15, 0.2) is 48.5 Å². The van der Waals surface area contributed by atoms with E-state index in [1.165, 1.54) is 19.1 Å². The highest BCUT2D eigenvalue weighted by molar-refractivity contribution is 5.83. The summed E-state index contributed by atoms with van der Waals surface area (Å²) in [4.78, 5) is 38.0. The van der Waals surface area contributed by atoms with Crippen molar-refractivity contribution in [1.82, 2.24) is 10.2 Å². The lowest BCUT2D eigenvalue weighted by Crippen LogP contribution is -2.51. The van der Waals surface area contributed by atoms with Crippen LogP contribution in [0.4, 0.5) is 4.79 Å². The number of amides is 2. The van der Waals surface area contributed by atoms with E-state index in [1.807, 2.05) is 36.4 Å². The van der Waals surface area contributed by atoms with Crippen molar-refractivity contribution in [3.05, 3.63) is 59.7 Å². The summed E-state index contributed by atoms with van der Waals surface area (Å²) < 4.78 is 16.0. The molecule has 0 bridgehead atoms. The predicted molar refractivity (Wildman–Crippen MR) is 122 cm³/mol. The van der Waals surface area contributed by atoms with Crippen LogP contribution < -0.4 is 5.32 Å². The maximum atomic E-state index is 12.8. The molecule has 0 radical (unpaired) electrons. The van der Waals surface area contributed by atoms with E-state index in [1.54, 1.807) is 0 Å². The first-order valence-electron chi connectivity index (χ1n) is 11.1. The highest BCUT2D eigenvalue weighted by atomic mass is 16.5. The lowest BCUT2D eigenvalue weighted by molar-refractivity contribution is -0.147. The summed E-state index contributed by atoms with van der Waals surface area (Å²) in [5.74, 6) is -2.34. The van der Waals surface area contributed by atoms with Crippen LogP contribution in [0.3, 0.4) is 0 Å². The molecule has 0 aromatic heterocycles. The Morgan fingerprint density at radius 2 is 1.71 bits per heavy atom. The molecule has 2 N–H and O–H groups in total. The average Bonchev–Trinajstić information content (AvgIpc) is 3.46. The van der Waals surface area contributed by atoms with Gasteiger partial charge in [-0.2, -0.15) is 0 Å². The molecule has 2 aromatic carbocycles. The molecule has 1 aliphatic heterocycles. The van der Waals surface area contributed by atoms with Gasteiger partial charge in [-0.15, -0.1) is 0 Å². The quantitative estimate of drug-likeness (QED) is 0.610. The number of ether oxygens (including phenoxy) is 3. The summed E-state index contributed by atoms with van der Waals surface area (Å²) in [6.45, 7) is 0.232. The van der Waals surface area contributed by atoms with Crippen LogP contribution in [-0.2, 0) is 23.8 Å².